The fraction of sp³-hybridized carbons (Fsp3) is 0.263. The van der Waals surface area contributed by atoms with Gasteiger partial charge in [-0.05, 0) is 59.0 Å². The van der Waals surface area contributed by atoms with Gasteiger partial charge in [0.15, 0.2) is 0 Å². The Hall–Kier alpha value is -2.18. The summed E-state index contributed by atoms with van der Waals surface area (Å²) in [5.74, 6) is -0.929. The van der Waals surface area contributed by atoms with E-state index in [1.54, 1.807) is 48.5 Å². The summed E-state index contributed by atoms with van der Waals surface area (Å²) >= 11 is 2.11. The van der Waals surface area contributed by atoms with Crippen LogP contribution >= 0.6 is 22.6 Å². The van der Waals surface area contributed by atoms with Crippen molar-refractivity contribution in [3.05, 3.63) is 57.7 Å². The molecule has 0 aliphatic carbocycles. The predicted molar refractivity (Wildman–Crippen MR) is 121 cm³/mol. The summed E-state index contributed by atoms with van der Waals surface area (Å²) in [7, 11) is -2.15. The first-order chi connectivity index (χ1) is 13.7. The molecular formula is C19H22IN3O5S. The SMILES string of the molecule is COCCNC(=O)c1ccccc1NC(=O)CN(c1ccc(I)cc1)S(C)(=O)=O. The normalized spacial score (nSPS) is 11.0. The van der Waals surface area contributed by atoms with E-state index in [1.165, 1.54) is 7.11 Å². The van der Waals surface area contributed by atoms with Crippen molar-refractivity contribution in [2.24, 2.45) is 0 Å². The first-order valence-corrected chi connectivity index (χ1v) is 11.5. The monoisotopic (exact) mass is 531 g/mol. The van der Waals surface area contributed by atoms with E-state index >= 15 is 0 Å². The summed E-state index contributed by atoms with van der Waals surface area (Å²) in [5.41, 5.74) is 0.953. The van der Waals surface area contributed by atoms with Gasteiger partial charge in [-0.25, -0.2) is 8.42 Å². The van der Waals surface area contributed by atoms with E-state index in [-0.39, 0.29) is 11.5 Å². The number of amides is 2. The molecule has 29 heavy (non-hydrogen) atoms. The van der Waals surface area contributed by atoms with Crippen molar-refractivity contribution in [1.82, 2.24) is 5.32 Å². The molecule has 0 fully saturated rings. The molecular weight excluding hydrogens is 509 g/mol. The number of nitrogens with one attached hydrogen (secondary N) is 2. The van der Waals surface area contributed by atoms with E-state index in [9.17, 15) is 18.0 Å². The Bertz CT molecular complexity index is 964. The lowest BCUT2D eigenvalue weighted by Gasteiger charge is -2.22. The van der Waals surface area contributed by atoms with Gasteiger partial charge in [0, 0.05) is 17.2 Å². The van der Waals surface area contributed by atoms with E-state index in [1.807, 2.05) is 0 Å². The van der Waals surface area contributed by atoms with Crippen LogP contribution < -0.4 is 14.9 Å². The maximum atomic E-state index is 12.6. The molecule has 0 atom stereocenters. The van der Waals surface area contributed by atoms with Crippen LogP contribution in [0.25, 0.3) is 0 Å². The average Bonchev–Trinajstić information content (AvgIpc) is 2.66. The number of carbonyl (C=O) groups excluding carboxylic acids is 2. The number of methoxy groups -OCH3 is 1. The quantitative estimate of drug-likeness (QED) is 0.381. The van der Waals surface area contributed by atoms with Gasteiger partial charge in [0.1, 0.15) is 6.54 Å². The number of nitrogens with zero attached hydrogens (tertiary/aromatic N) is 1. The van der Waals surface area contributed by atoms with Crippen molar-refractivity contribution in [3.63, 3.8) is 0 Å². The molecule has 10 heteroatoms. The fourth-order valence-electron chi connectivity index (χ4n) is 2.48. The van der Waals surface area contributed by atoms with Crippen molar-refractivity contribution in [1.29, 1.82) is 0 Å². The third-order valence-corrected chi connectivity index (χ3v) is 5.70. The van der Waals surface area contributed by atoms with E-state index in [0.29, 0.717) is 24.5 Å². The molecule has 0 saturated heterocycles. The molecule has 0 radical (unpaired) electrons. The molecule has 2 rings (SSSR count). The molecule has 0 aromatic heterocycles. The molecule has 0 heterocycles. The second-order valence-electron chi connectivity index (χ2n) is 6.09. The van der Waals surface area contributed by atoms with Crippen LogP contribution in [0.1, 0.15) is 10.4 Å². The summed E-state index contributed by atoms with van der Waals surface area (Å²) in [5, 5.41) is 5.31. The number of anilines is 2. The lowest BCUT2D eigenvalue weighted by atomic mass is 10.1. The molecule has 0 bridgehead atoms. The lowest BCUT2D eigenvalue weighted by Crippen LogP contribution is -2.37. The zero-order valence-corrected chi connectivity index (χ0v) is 19.0. The molecule has 0 spiro atoms. The minimum Gasteiger partial charge on any atom is -0.383 e. The Balaban J connectivity index is 2.17. The van der Waals surface area contributed by atoms with Crippen LogP contribution in [0.15, 0.2) is 48.5 Å². The van der Waals surface area contributed by atoms with E-state index in [4.69, 9.17) is 4.74 Å². The van der Waals surface area contributed by atoms with Crippen LogP contribution in [0.2, 0.25) is 0 Å². The van der Waals surface area contributed by atoms with Gasteiger partial charge in [0.05, 0.1) is 29.8 Å². The topological polar surface area (TPSA) is 105 Å². The van der Waals surface area contributed by atoms with Crippen LogP contribution in [0.3, 0.4) is 0 Å². The van der Waals surface area contributed by atoms with Gasteiger partial charge in [-0.3, -0.25) is 13.9 Å². The molecule has 2 amide bonds. The van der Waals surface area contributed by atoms with Gasteiger partial charge in [-0.2, -0.15) is 0 Å². The zero-order valence-electron chi connectivity index (χ0n) is 16.0. The second-order valence-corrected chi connectivity index (χ2v) is 9.24. The number of benzene rings is 2. The summed E-state index contributed by atoms with van der Waals surface area (Å²) < 4.78 is 31.2. The highest BCUT2D eigenvalue weighted by atomic mass is 127. The Morgan fingerprint density at radius 2 is 1.76 bits per heavy atom. The number of ether oxygens (including phenoxy) is 1. The Morgan fingerprint density at radius 3 is 2.38 bits per heavy atom. The van der Waals surface area contributed by atoms with Crippen molar-refractivity contribution >= 4 is 55.8 Å². The van der Waals surface area contributed by atoms with E-state index in [2.05, 4.69) is 33.2 Å². The minimum atomic E-state index is -3.68. The number of rotatable bonds is 9. The zero-order chi connectivity index (χ0) is 21.4. The van der Waals surface area contributed by atoms with Crippen LogP contribution in [0, 0.1) is 3.57 Å². The highest BCUT2D eigenvalue weighted by Gasteiger charge is 2.22. The van der Waals surface area contributed by atoms with Crippen molar-refractivity contribution in [2.45, 2.75) is 0 Å². The number of hydrogen-bond donors (Lipinski definition) is 2. The van der Waals surface area contributed by atoms with Crippen LogP contribution in [-0.2, 0) is 19.6 Å². The molecule has 0 aliphatic rings. The summed E-state index contributed by atoms with van der Waals surface area (Å²) in [4.78, 5) is 24.9. The standard InChI is InChI=1S/C19H22IN3O5S/c1-28-12-11-21-19(25)16-5-3-4-6-17(16)22-18(24)13-23(29(2,26)27)15-9-7-14(20)8-10-15/h3-10H,11-13H2,1-2H3,(H,21,25)(H,22,24). The number of para-hydroxylation sites is 1. The van der Waals surface area contributed by atoms with Crippen LogP contribution in [0.4, 0.5) is 11.4 Å². The number of sulfonamides is 1. The Morgan fingerprint density at radius 1 is 1.10 bits per heavy atom. The van der Waals surface area contributed by atoms with Gasteiger partial charge in [0.25, 0.3) is 5.91 Å². The smallest absolute Gasteiger partial charge is 0.253 e. The minimum absolute atomic E-state index is 0.275. The maximum absolute atomic E-state index is 12.6. The summed E-state index contributed by atoms with van der Waals surface area (Å²) in [6, 6.07) is 13.3. The molecule has 2 N–H and O–H groups in total. The highest BCUT2D eigenvalue weighted by molar-refractivity contribution is 14.1. The average molecular weight is 531 g/mol. The van der Waals surface area contributed by atoms with Crippen molar-refractivity contribution in [3.8, 4) is 0 Å². The van der Waals surface area contributed by atoms with E-state index in [0.717, 1.165) is 14.1 Å². The van der Waals surface area contributed by atoms with Crippen molar-refractivity contribution < 1.29 is 22.7 Å². The maximum Gasteiger partial charge on any atom is 0.253 e. The molecule has 0 saturated carbocycles. The first-order valence-electron chi connectivity index (χ1n) is 8.61. The summed E-state index contributed by atoms with van der Waals surface area (Å²) in [6.07, 6.45) is 1.04. The Labute approximate surface area is 183 Å². The second kappa shape index (κ2) is 10.6. The molecule has 0 aliphatic heterocycles. The van der Waals surface area contributed by atoms with Gasteiger partial charge >= 0.3 is 0 Å². The molecule has 8 nitrogen and oxygen atoms in total. The fourth-order valence-corrected chi connectivity index (χ4v) is 3.70. The van der Waals surface area contributed by atoms with Gasteiger partial charge in [-0.15, -0.1) is 0 Å². The number of carbonyl (C=O) groups is 2. The third-order valence-electron chi connectivity index (χ3n) is 3.84. The number of halogens is 1. The van der Waals surface area contributed by atoms with Crippen LogP contribution in [-0.4, -0.2) is 53.3 Å². The van der Waals surface area contributed by atoms with Gasteiger partial charge in [0.2, 0.25) is 15.9 Å². The predicted octanol–water partition coefficient (Wildman–Crippen LogP) is 2.07. The van der Waals surface area contributed by atoms with Crippen molar-refractivity contribution in [2.75, 3.05) is 42.7 Å². The first kappa shape index (κ1) is 23.1. The third kappa shape index (κ3) is 6.98. The molecule has 0 unspecified atom stereocenters. The highest BCUT2D eigenvalue weighted by Crippen LogP contribution is 2.20. The largest absolute Gasteiger partial charge is 0.383 e. The lowest BCUT2D eigenvalue weighted by molar-refractivity contribution is -0.114. The van der Waals surface area contributed by atoms with E-state index < -0.39 is 22.5 Å². The molecule has 2 aromatic carbocycles. The van der Waals surface area contributed by atoms with Gasteiger partial charge < -0.3 is 15.4 Å². The number of hydrogen-bond acceptors (Lipinski definition) is 5. The van der Waals surface area contributed by atoms with Gasteiger partial charge in [-0.1, -0.05) is 12.1 Å². The molecule has 2 aromatic rings. The van der Waals surface area contributed by atoms with Crippen LogP contribution in [0.5, 0.6) is 0 Å². The molecule has 156 valence electrons. The Kier molecular flexibility index (Phi) is 8.41. The summed E-state index contributed by atoms with van der Waals surface area (Å²) in [6.45, 7) is 0.269.